The lowest BCUT2D eigenvalue weighted by Crippen LogP contribution is -2.42. The monoisotopic (exact) mass is 336 g/mol. The highest BCUT2D eigenvalue weighted by Gasteiger charge is 2.24. The molecule has 0 bridgehead atoms. The van der Waals surface area contributed by atoms with Gasteiger partial charge in [-0.1, -0.05) is 0 Å². The van der Waals surface area contributed by atoms with Crippen LogP contribution in [0.25, 0.3) is 11.1 Å². The molecule has 3 heterocycles. The number of morpholine rings is 1. The van der Waals surface area contributed by atoms with Crippen LogP contribution in [-0.2, 0) is 16.0 Å². The first-order valence-corrected chi connectivity index (χ1v) is 8.17. The Morgan fingerprint density at radius 3 is 2.71 bits per heavy atom. The predicted octanol–water partition coefficient (Wildman–Crippen LogP) is 1.33. The van der Waals surface area contributed by atoms with Crippen LogP contribution in [-0.4, -0.2) is 66.6 Å². The van der Waals surface area contributed by atoms with Crippen LogP contribution in [0.1, 0.15) is 21.8 Å². The van der Waals surface area contributed by atoms with E-state index in [1.165, 1.54) is 7.11 Å². The molecule has 1 atom stereocenters. The number of furan rings is 1. The molecule has 1 aliphatic rings. The van der Waals surface area contributed by atoms with Crippen molar-refractivity contribution in [3.63, 3.8) is 0 Å². The van der Waals surface area contributed by atoms with E-state index in [0.29, 0.717) is 37.6 Å². The first kappa shape index (κ1) is 17.0. The topological polar surface area (TPSA) is 77.1 Å². The van der Waals surface area contributed by atoms with Gasteiger partial charge in [0.25, 0.3) is 0 Å². The number of aryl methyl sites for hydroxylation is 2. The lowest BCUT2D eigenvalue weighted by atomic mass is 10.2. The largest absolute Gasteiger partial charge is 0.464 e. The fourth-order valence-corrected chi connectivity index (χ4v) is 3.21. The number of hydrogen-bond donors (Lipinski definition) is 1. The Morgan fingerprint density at radius 1 is 1.33 bits per heavy atom. The highest BCUT2D eigenvalue weighted by Crippen LogP contribution is 2.29. The molecule has 0 saturated carbocycles. The van der Waals surface area contributed by atoms with Gasteiger partial charge < -0.3 is 23.6 Å². The summed E-state index contributed by atoms with van der Waals surface area (Å²) in [4.78, 5) is 14.2. The van der Waals surface area contributed by atoms with Gasteiger partial charge in [-0.05, 0) is 13.8 Å². The number of hydrogen-bond acceptors (Lipinski definition) is 6. The average Bonchev–Trinajstić information content (AvgIpc) is 3.05. The summed E-state index contributed by atoms with van der Waals surface area (Å²) in [5.41, 5.74) is 2.85. The summed E-state index contributed by atoms with van der Waals surface area (Å²) in [5.74, 6) is 0.380. The predicted molar refractivity (Wildman–Crippen MR) is 88.3 cm³/mol. The van der Waals surface area contributed by atoms with Gasteiger partial charge in [0.1, 0.15) is 11.5 Å². The smallest absolute Gasteiger partial charge is 0.354 e. The van der Waals surface area contributed by atoms with E-state index >= 15 is 0 Å². The SMILES string of the molecule is COC(=O)c1cc2oc(C)c(C)c2n1C[C@@H](O)CN1CCOCC1. The fourth-order valence-electron chi connectivity index (χ4n) is 3.21. The Kier molecular flexibility index (Phi) is 4.93. The van der Waals surface area contributed by atoms with Gasteiger partial charge in [-0.15, -0.1) is 0 Å². The normalized spacial score (nSPS) is 17.3. The van der Waals surface area contributed by atoms with Crippen molar-refractivity contribution in [2.75, 3.05) is 40.0 Å². The second-order valence-corrected chi connectivity index (χ2v) is 6.19. The zero-order valence-electron chi connectivity index (χ0n) is 14.4. The van der Waals surface area contributed by atoms with Gasteiger partial charge in [-0.2, -0.15) is 0 Å². The lowest BCUT2D eigenvalue weighted by molar-refractivity contribution is 0.0115. The number of carbonyl (C=O) groups excluding carboxylic acids is 1. The van der Waals surface area contributed by atoms with Crippen molar-refractivity contribution in [3.05, 3.63) is 23.1 Å². The molecule has 1 fully saturated rings. The Bertz CT molecular complexity index is 727. The highest BCUT2D eigenvalue weighted by molar-refractivity contribution is 5.95. The molecule has 1 N–H and O–H groups in total. The standard InChI is InChI=1S/C17H24N2O5/c1-11-12(2)24-15-8-14(17(21)22-3)19(16(11)15)10-13(20)9-18-4-6-23-7-5-18/h8,13,20H,4-7,9-10H2,1-3H3/t13-/m0/s1. The van der Waals surface area contributed by atoms with Gasteiger partial charge in [-0.3, -0.25) is 4.90 Å². The van der Waals surface area contributed by atoms with Crippen LogP contribution in [0.3, 0.4) is 0 Å². The summed E-state index contributed by atoms with van der Waals surface area (Å²) >= 11 is 0. The molecular weight excluding hydrogens is 312 g/mol. The van der Waals surface area contributed by atoms with E-state index in [0.717, 1.165) is 29.9 Å². The molecule has 0 unspecified atom stereocenters. The molecule has 0 aliphatic carbocycles. The van der Waals surface area contributed by atoms with Crippen LogP contribution in [0.5, 0.6) is 0 Å². The van der Waals surface area contributed by atoms with E-state index < -0.39 is 12.1 Å². The number of rotatable bonds is 5. The number of carbonyl (C=O) groups is 1. The zero-order valence-corrected chi connectivity index (χ0v) is 14.4. The summed E-state index contributed by atoms with van der Waals surface area (Å²) in [7, 11) is 1.35. The first-order valence-electron chi connectivity index (χ1n) is 8.17. The van der Waals surface area contributed by atoms with Crippen LogP contribution < -0.4 is 0 Å². The molecule has 2 aromatic heterocycles. The summed E-state index contributed by atoms with van der Waals surface area (Å²) < 4.78 is 17.7. The third-order valence-electron chi connectivity index (χ3n) is 4.57. The second-order valence-electron chi connectivity index (χ2n) is 6.19. The van der Waals surface area contributed by atoms with Crippen LogP contribution in [0, 0.1) is 13.8 Å². The van der Waals surface area contributed by atoms with Gasteiger partial charge in [0.05, 0.1) is 38.5 Å². The van der Waals surface area contributed by atoms with Crippen molar-refractivity contribution in [3.8, 4) is 0 Å². The number of nitrogens with zero attached hydrogens (tertiary/aromatic N) is 2. The summed E-state index contributed by atoms with van der Waals surface area (Å²) in [5, 5.41) is 10.5. The van der Waals surface area contributed by atoms with E-state index in [2.05, 4.69) is 4.90 Å². The number of ether oxygens (including phenoxy) is 2. The van der Waals surface area contributed by atoms with Crippen molar-refractivity contribution in [1.29, 1.82) is 0 Å². The van der Waals surface area contributed by atoms with Crippen LogP contribution in [0.4, 0.5) is 0 Å². The van der Waals surface area contributed by atoms with Crippen LogP contribution in [0.2, 0.25) is 0 Å². The number of esters is 1. The number of aliphatic hydroxyl groups excluding tert-OH is 1. The molecule has 7 heteroatoms. The molecule has 0 radical (unpaired) electrons. The summed E-state index contributed by atoms with van der Waals surface area (Å²) in [6.45, 7) is 7.69. The van der Waals surface area contributed by atoms with E-state index in [9.17, 15) is 9.90 Å². The summed E-state index contributed by atoms with van der Waals surface area (Å²) in [6, 6.07) is 1.68. The first-order chi connectivity index (χ1) is 11.5. The molecule has 0 amide bonds. The van der Waals surface area contributed by atoms with E-state index in [1.807, 2.05) is 13.8 Å². The average molecular weight is 336 g/mol. The maximum atomic E-state index is 12.1. The van der Waals surface area contributed by atoms with Gasteiger partial charge in [0.2, 0.25) is 0 Å². The molecule has 7 nitrogen and oxygen atoms in total. The molecule has 2 aromatic rings. The number of fused-ring (bicyclic) bond motifs is 1. The highest BCUT2D eigenvalue weighted by atomic mass is 16.5. The Labute approximate surface area is 140 Å². The maximum Gasteiger partial charge on any atom is 0.354 e. The number of methoxy groups -OCH3 is 1. The third-order valence-corrected chi connectivity index (χ3v) is 4.57. The van der Waals surface area contributed by atoms with Crippen molar-refractivity contribution >= 4 is 17.1 Å². The van der Waals surface area contributed by atoms with E-state index in [4.69, 9.17) is 13.9 Å². The zero-order chi connectivity index (χ0) is 17.3. The maximum absolute atomic E-state index is 12.1. The fraction of sp³-hybridized carbons (Fsp3) is 0.588. The Balaban J connectivity index is 1.86. The minimum atomic E-state index is -0.600. The third kappa shape index (κ3) is 3.19. The Hall–Kier alpha value is -1.83. The van der Waals surface area contributed by atoms with E-state index in [-0.39, 0.29) is 0 Å². The van der Waals surface area contributed by atoms with Crippen molar-refractivity contribution in [1.82, 2.24) is 9.47 Å². The minimum Gasteiger partial charge on any atom is -0.464 e. The molecule has 24 heavy (non-hydrogen) atoms. The minimum absolute atomic E-state index is 0.311. The molecular formula is C17H24N2O5. The summed E-state index contributed by atoms with van der Waals surface area (Å²) in [6.07, 6.45) is -0.600. The van der Waals surface area contributed by atoms with Gasteiger partial charge in [0.15, 0.2) is 5.58 Å². The van der Waals surface area contributed by atoms with Crippen molar-refractivity contribution < 1.29 is 23.8 Å². The number of β-amino-alcohol motifs (C(OH)–C–C–N with tert-alkyl or cyclic N) is 1. The molecule has 1 saturated heterocycles. The number of aromatic nitrogens is 1. The molecule has 1 aliphatic heterocycles. The van der Waals surface area contributed by atoms with Gasteiger partial charge >= 0.3 is 5.97 Å². The quantitative estimate of drug-likeness (QED) is 0.830. The molecule has 132 valence electrons. The van der Waals surface area contributed by atoms with Crippen molar-refractivity contribution in [2.45, 2.75) is 26.5 Å². The van der Waals surface area contributed by atoms with Gasteiger partial charge in [0, 0.05) is 31.3 Å². The van der Waals surface area contributed by atoms with Crippen molar-refractivity contribution in [2.24, 2.45) is 0 Å². The Morgan fingerprint density at radius 2 is 2.04 bits per heavy atom. The number of aliphatic hydroxyl groups is 1. The lowest BCUT2D eigenvalue weighted by Gasteiger charge is -2.28. The van der Waals surface area contributed by atoms with Crippen LogP contribution >= 0.6 is 0 Å². The van der Waals surface area contributed by atoms with Gasteiger partial charge in [-0.25, -0.2) is 4.79 Å². The van der Waals surface area contributed by atoms with E-state index in [1.54, 1.807) is 10.6 Å². The van der Waals surface area contributed by atoms with Crippen LogP contribution in [0.15, 0.2) is 10.5 Å². The molecule has 0 spiro atoms. The molecule has 0 aromatic carbocycles. The molecule has 3 rings (SSSR count). The second kappa shape index (κ2) is 6.96.